The van der Waals surface area contributed by atoms with Crippen LogP contribution in [-0.2, 0) is 16.6 Å². The van der Waals surface area contributed by atoms with Crippen LogP contribution in [0.2, 0.25) is 0 Å². The van der Waals surface area contributed by atoms with Crippen molar-refractivity contribution in [3.8, 4) is 11.5 Å². The summed E-state index contributed by atoms with van der Waals surface area (Å²) in [7, 11) is -2.79. The molecule has 0 atom stereocenters. The molecule has 0 fully saturated rings. The van der Waals surface area contributed by atoms with Gasteiger partial charge in [-0.2, -0.15) is 0 Å². The van der Waals surface area contributed by atoms with Crippen molar-refractivity contribution in [2.45, 2.75) is 31.4 Å². The number of sulfonamides is 1. The van der Waals surface area contributed by atoms with Gasteiger partial charge in [0.15, 0.2) is 11.5 Å². The Balaban J connectivity index is 2.23. The first-order valence-corrected chi connectivity index (χ1v) is 9.48. The molecule has 2 rings (SSSR count). The summed E-state index contributed by atoms with van der Waals surface area (Å²) in [6.07, 6.45) is -0.0623. The molecule has 0 saturated carbocycles. The second-order valence-electron chi connectivity index (χ2n) is 5.93. The van der Waals surface area contributed by atoms with Crippen LogP contribution in [0.3, 0.4) is 0 Å². The standard InChI is InChI=1S/C18H20FNO6S/c1-11(2)26-15-7-4-12(8-16(15)25-3)10-20-27(23,24)17-9-13(18(21)22)5-6-14(17)19/h4-9,11,20H,10H2,1-3H3,(H,21,22). The Kier molecular flexibility index (Phi) is 6.40. The van der Waals surface area contributed by atoms with E-state index in [9.17, 15) is 17.6 Å². The Morgan fingerprint density at radius 1 is 1.19 bits per heavy atom. The molecule has 0 heterocycles. The van der Waals surface area contributed by atoms with E-state index in [0.717, 1.165) is 18.2 Å². The Morgan fingerprint density at radius 3 is 2.48 bits per heavy atom. The van der Waals surface area contributed by atoms with E-state index in [0.29, 0.717) is 17.1 Å². The number of carboxylic acid groups (broad SMARTS) is 1. The molecule has 0 saturated heterocycles. The fourth-order valence-corrected chi connectivity index (χ4v) is 3.39. The highest BCUT2D eigenvalue weighted by Gasteiger charge is 2.21. The van der Waals surface area contributed by atoms with Crippen LogP contribution in [0.25, 0.3) is 0 Å². The Bertz CT molecular complexity index is 943. The first-order chi connectivity index (χ1) is 12.6. The van der Waals surface area contributed by atoms with Gasteiger partial charge in [0.05, 0.1) is 18.8 Å². The number of benzene rings is 2. The Labute approximate surface area is 156 Å². The van der Waals surface area contributed by atoms with E-state index in [4.69, 9.17) is 14.6 Å². The molecular formula is C18H20FNO6S. The summed E-state index contributed by atoms with van der Waals surface area (Å²) in [4.78, 5) is 10.3. The van der Waals surface area contributed by atoms with E-state index in [1.54, 1.807) is 18.2 Å². The number of hydrogen-bond donors (Lipinski definition) is 2. The molecule has 9 heteroatoms. The van der Waals surface area contributed by atoms with Gasteiger partial charge >= 0.3 is 5.97 Å². The highest BCUT2D eigenvalue weighted by Crippen LogP contribution is 2.29. The molecule has 7 nitrogen and oxygen atoms in total. The van der Waals surface area contributed by atoms with Crippen molar-refractivity contribution in [3.05, 3.63) is 53.3 Å². The number of carboxylic acids is 1. The third kappa shape index (κ3) is 5.18. The van der Waals surface area contributed by atoms with Crippen LogP contribution in [-0.4, -0.2) is 32.7 Å². The minimum Gasteiger partial charge on any atom is -0.493 e. The summed E-state index contributed by atoms with van der Waals surface area (Å²) >= 11 is 0. The SMILES string of the molecule is COc1cc(CNS(=O)(=O)c2cc(C(=O)O)ccc2F)ccc1OC(C)C. The molecule has 0 unspecified atom stereocenters. The lowest BCUT2D eigenvalue weighted by atomic mass is 10.2. The van der Waals surface area contributed by atoms with Crippen molar-refractivity contribution in [2.24, 2.45) is 0 Å². The lowest BCUT2D eigenvalue weighted by Crippen LogP contribution is -2.24. The molecule has 0 aliphatic heterocycles. The van der Waals surface area contributed by atoms with Gasteiger partial charge in [-0.3, -0.25) is 0 Å². The molecule has 2 aromatic carbocycles. The predicted octanol–water partition coefficient (Wildman–Crippen LogP) is 2.80. The maximum atomic E-state index is 13.9. The zero-order valence-electron chi connectivity index (χ0n) is 15.0. The zero-order valence-corrected chi connectivity index (χ0v) is 15.8. The van der Waals surface area contributed by atoms with Gasteiger partial charge in [-0.1, -0.05) is 6.07 Å². The summed E-state index contributed by atoms with van der Waals surface area (Å²) in [5.74, 6) is -1.44. The molecule has 2 N–H and O–H groups in total. The maximum Gasteiger partial charge on any atom is 0.335 e. The van der Waals surface area contributed by atoms with E-state index >= 15 is 0 Å². The normalized spacial score (nSPS) is 11.4. The van der Waals surface area contributed by atoms with Gasteiger partial charge in [-0.05, 0) is 49.7 Å². The number of rotatable bonds is 8. The van der Waals surface area contributed by atoms with Gasteiger partial charge in [0.25, 0.3) is 0 Å². The first kappa shape index (κ1) is 20.7. The third-order valence-electron chi connectivity index (χ3n) is 3.52. The zero-order chi connectivity index (χ0) is 20.2. The topological polar surface area (TPSA) is 102 Å². The van der Waals surface area contributed by atoms with E-state index in [1.807, 2.05) is 13.8 Å². The minimum atomic E-state index is -4.25. The quantitative estimate of drug-likeness (QED) is 0.710. The van der Waals surface area contributed by atoms with Crippen molar-refractivity contribution < 1.29 is 32.2 Å². The molecule has 27 heavy (non-hydrogen) atoms. The monoisotopic (exact) mass is 397 g/mol. The maximum absolute atomic E-state index is 13.9. The average molecular weight is 397 g/mol. The van der Waals surface area contributed by atoms with Crippen molar-refractivity contribution in [1.82, 2.24) is 4.72 Å². The number of carbonyl (C=O) groups is 1. The molecule has 0 aliphatic carbocycles. The lowest BCUT2D eigenvalue weighted by molar-refractivity contribution is 0.0696. The van der Waals surface area contributed by atoms with E-state index in [-0.39, 0.29) is 18.2 Å². The van der Waals surface area contributed by atoms with Gasteiger partial charge in [-0.25, -0.2) is 22.3 Å². The summed E-state index contributed by atoms with van der Waals surface area (Å²) in [5.41, 5.74) is 0.231. The fraction of sp³-hybridized carbons (Fsp3) is 0.278. The highest BCUT2D eigenvalue weighted by molar-refractivity contribution is 7.89. The number of hydrogen-bond acceptors (Lipinski definition) is 5. The smallest absolute Gasteiger partial charge is 0.335 e. The predicted molar refractivity (Wildman–Crippen MR) is 96.1 cm³/mol. The van der Waals surface area contributed by atoms with Crippen LogP contribution in [0.4, 0.5) is 4.39 Å². The Morgan fingerprint density at radius 2 is 1.89 bits per heavy atom. The number of methoxy groups -OCH3 is 1. The van der Waals surface area contributed by atoms with Gasteiger partial charge in [0.2, 0.25) is 10.0 Å². The number of nitrogens with one attached hydrogen (secondary N) is 1. The molecule has 0 spiro atoms. The molecular weight excluding hydrogens is 377 g/mol. The first-order valence-electron chi connectivity index (χ1n) is 8.00. The molecule has 0 aliphatic rings. The van der Waals surface area contributed by atoms with Crippen molar-refractivity contribution in [3.63, 3.8) is 0 Å². The van der Waals surface area contributed by atoms with Gasteiger partial charge in [-0.15, -0.1) is 0 Å². The third-order valence-corrected chi connectivity index (χ3v) is 4.94. The lowest BCUT2D eigenvalue weighted by Gasteiger charge is -2.15. The molecule has 2 aromatic rings. The average Bonchev–Trinajstić information content (AvgIpc) is 2.60. The largest absolute Gasteiger partial charge is 0.493 e. The summed E-state index contributed by atoms with van der Waals surface area (Å²) in [6.45, 7) is 3.58. The van der Waals surface area contributed by atoms with Gasteiger partial charge < -0.3 is 14.6 Å². The summed E-state index contributed by atoms with van der Waals surface area (Å²) in [5, 5.41) is 8.96. The summed E-state index contributed by atoms with van der Waals surface area (Å²) < 4.78 is 51.7. The number of aromatic carboxylic acids is 1. The number of halogens is 1. The van der Waals surface area contributed by atoms with Crippen LogP contribution in [0.5, 0.6) is 11.5 Å². The molecule has 0 amide bonds. The number of ether oxygens (including phenoxy) is 2. The minimum absolute atomic E-state index is 0.0623. The van der Waals surface area contributed by atoms with Gasteiger partial charge in [0.1, 0.15) is 10.7 Å². The van der Waals surface area contributed by atoms with E-state index < -0.39 is 26.7 Å². The molecule has 0 aromatic heterocycles. The van der Waals surface area contributed by atoms with Crippen LogP contribution in [0.15, 0.2) is 41.3 Å². The van der Waals surface area contributed by atoms with E-state index in [1.165, 1.54) is 7.11 Å². The molecule has 0 bridgehead atoms. The highest BCUT2D eigenvalue weighted by atomic mass is 32.2. The van der Waals surface area contributed by atoms with E-state index in [2.05, 4.69) is 4.72 Å². The molecule has 0 radical (unpaired) electrons. The van der Waals surface area contributed by atoms with Crippen LogP contribution < -0.4 is 14.2 Å². The fourth-order valence-electron chi connectivity index (χ4n) is 2.27. The van der Waals surface area contributed by atoms with Crippen LogP contribution >= 0.6 is 0 Å². The van der Waals surface area contributed by atoms with Crippen molar-refractivity contribution in [1.29, 1.82) is 0 Å². The van der Waals surface area contributed by atoms with Crippen molar-refractivity contribution >= 4 is 16.0 Å². The van der Waals surface area contributed by atoms with Crippen molar-refractivity contribution in [2.75, 3.05) is 7.11 Å². The second kappa shape index (κ2) is 8.36. The van der Waals surface area contributed by atoms with Crippen LogP contribution in [0.1, 0.15) is 29.8 Å². The second-order valence-corrected chi connectivity index (χ2v) is 7.66. The molecule has 146 valence electrons. The van der Waals surface area contributed by atoms with Gasteiger partial charge in [0, 0.05) is 6.54 Å². The van der Waals surface area contributed by atoms with Crippen LogP contribution in [0, 0.1) is 5.82 Å². The Hall–Kier alpha value is -2.65. The summed E-state index contributed by atoms with van der Waals surface area (Å²) in [6, 6.07) is 7.47.